The highest BCUT2D eigenvalue weighted by Crippen LogP contribution is 2.18. The summed E-state index contributed by atoms with van der Waals surface area (Å²) in [6.07, 6.45) is 1.51. The molecule has 2 rings (SSSR count). The molecular weight excluding hydrogens is 308 g/mol. The number of methoxy groups -OCH3 is 1. The third-order valence-corrected chi connectivity index (χ3v) is 2.86. The van der Waals surface area contributed by atoms with Crippen LogP contribution in [0, 0.1) is 6.92 Å². The minimum atomic E-state index is -0.113. The van der Waals surface area contributed by atoms with Crippen LogP contribution < -0.4 is 10.6 Å². The van der Waals surface area contributed by atoms with Crippen LogP contribution >= 0.6 is 12.4 Å². The summed E-state index contributed by atoms with van der Waals surface area (Å²) in [5, 5.41) is 16.9. The molecule has 2 aromatic rings. The Morgan fingerprint density at radius 2 is 2.23 bits per heavy atom. The number of amides is 1. The number of benzene rings is 1. The molecule has 1 aromatic carbocycles. The average Bonchev–Trinajstić information content (AvgIpc) is 3.00. The number of tetrazole rings is 1. The second kappa shape index (κ2) is 9.08. The number of halogens is 1. The van der Waals surface area contributed by atoms with Crippen LogP contribution in [0.4, 0.5) is 5.69 Å². The van der Waals surface area contributed by atoms with Gasteiger partial charge in [0.1, 0.15) is 6.33 Å². The molecule has 9 heteroatoms. The molecule has 0 fully saturated rings. The molecule has 0 aliphatic rings. The highest BCUT2D eigenvalue weighted by Gasteiger charge is 2.06. The average molecular weight is 327 g/mol. The molecule has 0 unspecified atom stereocenters. The van der Waals surface area contributed by atoms with E-state index in [0.717, 1.165) is 11.3 Å². The van der Waals surface area contributed by atoms with Gasteiger partial charge in [-0.25, -0.2) is 4.68 Å². The molecule has 0 saturated heterocycles. The Bertz CT molecular complexity index is 590. The van der Waals surface area contributed by atoms with Crippen molar-refractivity contribution < 1.29 is 9.53 Å². The fourth-order valence-electron chi connectivity index (χ4n) is 1.79. The minimum Gasteiger partial charge on any atom is -0.383 e. The van der Waals surface area contributed by atoms with E-state index >= 15 is 0 Å². The number of aromatic nitrogens is 4. The molecule has 1 amide bonds. The Morgan fingerprint density at radius 3 is 2.91 bits per heavy atom. The normalized spacial score (nSPS) is 10.1. The number of nitrogens with zero attached hydrogens (tertiary/aromatic N) is 4. The van der Waals surface area contributed by atoms with Gasteiger partial charge >= 0.3 is 0 Å². The summed E-state index contributed by atoms with van der Waals surface area (Å²) in [5.74, 6) is -0.113. The maximum atomic E-state index is 11.8. The van der Waals surface area contributed by atoms with E-state index in [0.29, 0.717) is 18.8 Å². The van der Waals surface area contributed by atoms with Crippen molar-refractivity contribution in [3.8, 4) is 5.69 Å². The lowest BCUT2D eigenvalue weighted by molar-refractivity contribution is -0.115. The highest BCUT2D eigenvalue weighted by molar-refractivity contribution is 5.92. The molecule has 2 N–H and O–H groups in total. The first-order valence-corrected chi connectivity index (χ1v) is 6.54. The maximum absolute atomic E-state index is 11.8. The zero-order valence-electron chi connectivity index (χ0n) is 12.4. The second-order valence-corrected chi connectivity index (χ2v) is 4.47. The Kier molecular flexibility index (Phi) is 7.44. The summed E-state index contributed by atoms with van der Waals surface area (Å²) in [7, 11) is 1.62. The summed E-state index contributed by atoms with van der Waals surface area (Å²) in [4.78, 5) is 11.8. The van der Waals surface area contributed by atoms with Gasteiger partial charge in [0.25, 0.3) is 0 Å². The number of hydrogen-bond donors (Lipinski definition) is 2. The van der Waals surface area contributed by atoms with E-state index in [2.05, 4.69) is 26.2 Å². The molecule has 0 bridgehead atoms. The molecule has 0 aliphatic heterocycles. The summed E-state index contributed by atoms with van der Waals surface area (Å²) >= 11 is 0. The fourth-order valence-corrected chi connectivity index (χ4v) is 1.79. The SMILES string of the molecule is COCCNCC(=O)Nc1ccc(C)c(-n2cnnn2)c1.Cl. The van der Waals surface area contributed by atoms with Crippen LogP contribution in [0.1, 0.15) is 5.56 Å². The largest absolute Gasteiger partial charge is 0.383 e. The fraction of sp³-hybridized carbons (Fsp3) is 0.385. The van der Waals surface area contributed by atoms with Crippen molar-refractivity contribution in [2.45, 2.75) is 6.92 Å². The van der Waals surface area contributed by atoms with Crippen LogP contribution in [0.25, 0.3) is 5.69 Å². The third-order valence-electron chi connectivity index (χ3n) is 2.86. The van der Waals surface area contributed by atoms with Gasteiger partial charge in [0, 0.05) is 19.3 Å². The minimum absolute atomic E-state index is 0. The van der Waals surface area contributed by atoms with E-state index in [-0.39, 0.29) is 24.9 Å². The topological polar surface area (TPSA) is 94.0 Å². The van der Waals surface area contributed by atoms with Crippen LogP contribution in [0.15, 0.2) is 24.5 Å². The summed E-state index contributed by atoms with van der Waals surface area (Å²) in [6.45, 7) is 3.39. The van der Waals surface area contributed by atoms with Gasteiger partial charge in [0.15, 0.2) is 0 Å². The van der Waals surface area contributed by atoms with E-state index in [1.54, 1.807) is 11.8 Å². The Balaban J connectivity index is 0.00000242. The lowest BCUT2D eigenvalue weighted by Crippen LogP contribution is -2.30. The first kappa shape index (κ1) is 18.0. The molecule has 0 atom stereocenters. The number of aryl methyl sites for hydroxylation is 1. The molecule has 120 valence electrons. The van der Waals surface area contributed by atoms with Gasteiger partial charge in [-0.05, 0) is 35.0 Å². The van der Waals surface area contributed by atoms with Crippen molar-refractivity contribution in [1.29, 1.82) is 0 Å². The first-order valence-electron chi connectivity index (χ1n) is 6.54. The smallest absolute Gasteiger partial charge is 0.238 e. The predicted octanol–water partition coefficient (Wildman–Crippen LogP) is 0.567. The number of carbonyl (C=O) groups excluding carboxylic acids is 1. The molecule has 8 nitrogen and oxygen atoms in total. The first-order chi connectivity index (χ1) is 10.2. The van der Waals surface area contributed by atoms with Gasteiger partial charge in [-0.2, -0.15) is 0 Å². The molecule has 0 aliphatic carbocycles. The van der Waals surface area contributed by atoms with Crippen molar-refractivity contribution in [1.82, 2.24) is 25.5 Å². The Morgan fingerprint density at radius 1 is 1.41 bits per heavy atom. The van der Waals surface area contributed by atoms with Gasteiger partial charge in [-0.15, -0.1) is 17.5 Å². The lowest BCUT2D eigenvalue weighted by atomic mass is 10.2. The molecule has 0 saturated carbocycles. The summed E-state index contributed by atoms with van der Waals surface area (Å²) in [5.41, 5.74) is 2.54. The standard InChI is InChI=1S/C13H18N6O2.ClH/c1-10-3-4-11(7-12(10)19-9-15-17-18-19)16-13(20)8-14-5-6-21-2;/h3-4,7,9,14H,5-6,8H2,1-2H3,(H,16,20);1H. The molecular formula is C13H19ClN6O2. The van der Waals surface area contributed by atoms with Crippen molar-refractivity contribution >= 4 is 24.0 Å². The van der Waals surface area contributed by atoms with Gasteiger partial charge in [0.2, 0.25) is 5.91 Å². The zero-order valence-corrected chi connectivity index (χ0v) is 13.3. The van der Waals surface area contributed by atoms with Crippen LogP contribution in [0.2, 0.25) is 0 Å². The number of nitrogens with one attached hydrogen (secondary N) is 2. The number of ether oxygens (including phenoxy) is 1. The van der Waals surface area contributed by atoms with E-state index < -0.39 is 0 Å². The number of rotatable bonds is 7. The quantitative estimate of drug-likeness (QED) is 0.722. The second-order valence-electron chi connectivity index (χ2n) is 4.47. The van der Waals surface area contributed by atoms with Gasteiger partial charge in [-0.1, -0.05) is 6.07 Å². The number of carbonyl (C=O) groups is 1. The van der Waals surface area contributed by atoms with Crippen LogP contribution in [0.5, 0.6) is 0 Å². The van der Waals surface area contributed by atoms with Crippen LogP contribution in [0.3, 0.4) is 0 Å². The molecule has 1 aromatic heterocycles. The van der Waals surface area contributed by atoms with E-state index in [9.17, 15) is 4.79 Å². The van der Waals surface area contributed by atoms with E-state index in [1.807, 2.05) is 25.1 Å². The van der Waals surface area contributed by atoms with Gasteiger partial charge in [-0.3, -0.25) is 4.79 Å². The Hall–Kier alpha value is -2.03. The number of anilines is 1. The summed E-state index contributed by atoms with van der Waals surface area (Å²) in [6, 6.07) is 5.58. The summed E-state index contributed by atoms with van der Waals surface area (Å²) < 4.78 is 6.45. The van der Waals surface area contributed by atoms with Crippen molar-refractivity contribution in [2.24, 2.45) is 0 Å². The van der Waals surface area contributed by atoms with E-state index in [4.69, 9.17) is 4.74 Å². The molecule has 22 heavy (non-hydrogen) atoms. The number of hydrogen-bond acceptors (Lipinski definition) is 6. The monoisotopic (exact) mass is 326 g/mol. The molecule has 0 radical (unpaired) electrons. The molecule has 1 heterocycles. The maximum Gasteiger partial charge on any atom is 0.238 e. The highest BCUT2D eigenvalue weighted by atomic mass is 35.5. The third kappa shape index (κ3) is 5.06. The lowest BCUT2D eigenvalue weighted by Gasteiger charge is -2.10. The van der Waals surface area contributed by atoms with Gasteiger partial charge in [0.05, 0.1) is 18.8 Å². The predicted molar refractivity (Wildman–Crippen MR) is 84.5 cm³/mol. The van der Waals surface area contributed by atoms with Crippen LogP contribution in [-0.2, 0) is 9.53 Å². The molecule has 0 spiro atoms. The van der Waals surface area contributed by atoms with E-state index in [1.165, 1.54) is 6.33 Å². The van der Waals surface area contributed by atoms with Crippen molar-refractivity contribution in [3.63, 3.8) is 0 Å². The zero-order chi connectivity index (χ0) is 15.1. The van der Waals surface area contributed by atoms with Crippen LogP contribution in [-0.4, -0.2) is 52.9 Å². The van der Waals surface area contributed by atoms with Gasteiger partial charge < -0.3 is 15.4 Å². The van der Waals surface area contributed by atoms with Crippen molar-refractivity contribution in [3.05, 3.63) is 30.1 Å². The Labute approximate surface area is 134 Å². The van der Waals surface area contributed by atoms with Crippen molar-refractivity contribution in [2.75, 3.05) is 32.1 Å².